The van der Waals surface area contributed by atoms with E-state index in [0.29, 0.717) is 42.6 Å². The van der Waals surface area contributed by atoms with Crippen molar-refractivity contribution in [2.24, 2.45) is 5.92 Å². The first-order valence-corrected chi connectivity index (χ1v) is 13.3. The minimum atomic E-state index is -3.66. The van der Waals surface area contributed by atoms with E-state index in [1.54, 1.807) is 39.2 Å². The summed E-state index contributed by atoms with van der Waals surface area (Å²) in [7, 11) is -2.07. The van der Waals surface area contributed by atoms with E-state index in [1.165, 1.54) is 9.21 Å². The van der Waals surface area contributed by atoms with Crippen molar-refractivity contribution in [3.63, 3.8) is 0 Å². The lowest BCUT2D eigenvalue weighted by atomic mass is 9.86. The third-order valence-electron chi connectivity index (χ3n) is 6.90. The van der Waals surface area contributed by atoms with Gasteiger partial charge in [0.25, 0.3) is 0 Å². The van der Waals surface area contributed by atoms with Gasteiger partial charge in [0, 0.05) is 25.3 Å². The predicted molar refractivity (Wildman–Crippen MR) is 134 cm³/mol. The lowest BCUT2D eigenvalue weighted by Crippen LogP contribution is -2.42. The van der Waals surface area contributed by atoms with E-state index < -0.39 is 15.4 Å². The molecule has 4 rings (SSSR count). The van der Waals surface area contributed by atoms with Crippen molar-refractivity contribution in [2.45, 2.75) is 50.5 Å². The second-order valence-corrected chi connectivity index (χ2v) is 11.9. The van der Waals surface area contributed by atoms with Crippen LogP contribution >= 0.6 is 0 Å². The van der Waals surface area contributed by atoms with E-state index in [4.69, 9.17) is 4.74 Å². The molecule has 0 bridgehead atoms. The molecule has 2 aromatic rings. The van der Waals surface area contributed by atoms with Crippen LogP contribution in [-0.4, -0.2) is 51.3 Å². The fraction of sp³-hybridized carbons (Fsp3) is 0.462. The summed E-state index contributed by atoms with van der Waals surface area (Å²) in [6, 6.07) is 12.2. The maximum absolute atomic E-state index is 13.3. The summed E-state index contributed by atoms with van der Waals surface area (Å²) < 4.78 is 33.4. The maximum atomic E-state index is 13.3. The number of sulfonamides is 1. The second-order valence-electron chi connectivity index (χ2n) is 9.93. The molecule has 1 fully saturated rings. The largest absolute Gasteiger partial charge is 0.497 e. The van der Waals surface area contributed by atoms with Crippen molar-refractivity contribution in [2.75, 3.05) is 31.6 Å². The number of benzene rings is 2. The predicted octanol–water partition coefficient (Wildman–Crippen LogP) is 3.06. The highest BCUT2D eigenvalue weighted by molar-refractivity contribution is 7.89. The van der Waals surface area contributed by atoms with Crippen LogP contribution in [0.3, 0.4) is 0 Å². The Morgan fingerprint density at radius 1 is 1.20 bits per heavy atom. The first kappa shape index (κ1) is 25.2. The van der Waals surface area contributed by atoms with Crippen molar-refractivity contribution < 1.29 is 22.7 Å². The number of methoxy groups -OCH3 is 1. The van der Waals surface area contributed by atoms with Gasteiger partial charge in [-0.15, -0.1) is 0 Å². The van der Waals surface area contributed by atoms with Gasteiger partial charge in [-0.3, -0.25) is 9.59 Å². The van der Waals surface area contributed by atoms with Crippen molar-refractivity contribution >= 4 is 27.5 Å². The van der Waals surface area contributed by atoms with Crippen LogP contribution in [0.1, 0.15) is 44.7 Å². The summed E-state index contributed by atoms with van der Waals surface area (Å²) in [4.78, 5) is 27.6. The van der Waals surface area contributed by atoms with Crippen LogP contribution in [0.5, 0.6) is 5.75 Å². The number of amides is 2. The number of anilines is 1. The number of hydrogen-bond acceptors (Lipinski definition) is 5. The topological polar surface area (TPSA) is 96.0 Å². The highest BCUT2D eigenvalue weighted by atomic mass is 32.2. The number of nitrogens with zero attached hydrogens (tertiary/aromatic N) is 2. The highest BCUT2D eigenvalue weighted by Crippen LogP contribution is 2.43. The fourth-order valence-electron chi connectivity index (χ4n) is 4.83. The van der Waals surface area contributed by atoms with Crippen molar-refractivity contribution in [3.05, 3.63) is 53.6 Å². The van der Waals surface area contributed by atoms with Gasteiger partial charge in [0.05, 0.1) is 17.4 Å². The van der Waals surface area contributed by atoms with Gasteiger partial charge in [-0.25, -0.2) is 8.42 Å². The molecule has 35 heavy (non-hydrogen) atoms. The number of fused-ring (bicyclic) bond motifs is 1. The molecule has 188 valence electrons. The van der Waals surface area contributed by atoms with Gasteiger partial charge in [0.1, 0.15) is 12.3 Å². The molecule has 0 aliphatic carbocycles. The Labute approximate surface area is 207 Å². The molecule has 1 atom stereocenters. The van der Waals surface area contributed by atoms with Crippen molar-refractivity contribution in [3.8, 4) is 5.75 Å². The van der Waals surface area contributed by atoms with Gasteiger partial charge in [-0.1, -0.05) is 19.1 Å². The summed E-state index contributed by atoms with van der Waals surface area (Å²) in [6.45, 7) is 6.76. The molecule has 0 unspecified atom stereocenters. The first-order chi connectivity index (χ1) is 16.5. The molecule has 2 heterocycles. The average molecular weight is 500 g/mol. The molecule has 2 aliphatic rings. The lowest BCUT2D eigenvalue weighted by Gasteiger charge is -2.30. The molecule has 1 saturated heterocycles. The number of carbonyl (C=O) groups is 2. The zero-order valence-electron chi connectivity index (χ0n) is 20.7. The first-order valence-electron chi connectivity index (χ1n) is 11.9. The number of rotatable bonds is 7. The minimum absolute atomic E-state index is 0.144. The van der Waals surface area contributed by atoms with Gasteiger partial charge < -0.3 is 15.0 Å². The van der Waals surface area contributed by atoms with Crippen LogP contribution in [0.4, 0.5) is 5.69 Å². The smallest absolute Gasteiger partial charge is 0.243 e. The standard InChI is InChI=1S/C26H33N3O5S/c1-18-7-6-12-28(16-18)35(32,33)21-10-11-23-22(14-21)26(2,3)25(31)29(23)17-24(30)27-15-19-8-5-9-20(13-19)34-4/h5,8-11,13-14,18H,6-7,12,15-17H2,1-4H3,(H,27,30)/t18-/m0/s1. The number of piperidine rings is 1. The van der Waals surface area contributed by atoms with Crippen molar-refractivity contribution in [1.82, 2.24) is 9.62 Å². The van der Waals surface area contributed by atoms with Gasteiger partial charge in [-0.2, -0.15) is 4.31 Å². The molecule has 0 spiro atoms. The average Bonchev–Trinajstić information content (AvgIpc) is 3.03. The summed E-state index contributed by atoms with van der Waals surface area (Å²) in [5, 5.41) is 2.85. The van der Waals surface area contributed by atoms with Gasteiger partial charge >= 0.3 is 0 Å². The Balaban J connectivity index is 1.53. The third kappa shape index (κ3) is 4.92. The second kappa shape index (κ2) is 9.62. The van der Waals surface area contributed by atoms with Crippen LogP contribution < -0.4 is 15.0 Å². The summed E-state index contributed by atoms with van der Waals surface area (Å²) in [6.07, 6.45) is 1.86. The maximum Gasteiger partial charge on any atom is 0.243 e. The quantitative estimate of drug-likeness (QED) is 0.632. The van der Waals surface area contributed by atoms with Crippen LogP contribution in [0.25, 0.3) is 0 Å². The fourth-order valence-corrected chi connectivity index (χ4v) is 6.45. The molecule has 8 nitrogen and oxygen atoms in total. The lowest BCUT2D eigenvalue weighted by molar-refractivity contribution is -0.125. The molecule has 1 N–H and O–H groups in total. The van der Waals surface area contributed by atoms with E-state index in [9.17, 15) is 18.0 Å². The summed E-state index contributed by atoms with van der Waals surface area (Å²) in [5.74, 6) is 0.484. The van der Waals surface area contributed by atoms with Gasteiger partial charge in [-0.05, 0) is 74.1 Å². The highest BCUT2D eigenvalue weighted by Gasteiger charge is 2.45. The normalized spacial score (nSPS) is 19.9. The summed E-state index contributed by atoms with van der Waals surface area (Å²) in [5.41, 5.74) is 1.13. The van der Waals surface area contributed by atoms with Crippen molar-refractivity contribution in [1.29, 1.82) is 0 Å². The Morgan fingerprint density at radius 3 is 2.69 bits per heavy atom. The molecule has 0 saturated carbocycles. The molecule has 9 heteroatoms. The van der Waals surface area contributed by atoms with Crippen LogP contribution in [-0.2, 0) is 31.6 Å². The van der Waals surface area contributed by atoms with Crippen LogP contribution in [0.15, 0.2) is 47.4 Å². The minimum Gasteiger partial charge on any atom is -0.497 e. The van der Waals surface area contributed by atoms with Crippen LogP contribution in [0.2, 0.25) is 0 Å². The van der Waals surface area contributed by atoms with Crippen LogP contribution in [0, 0.1) is 5.92 Å². The van der Waals surface area contributed by atoms with E-state index >= 15 is 0 Å². The molecule has 0 aromatic heterocycles. The summed E-state index contributed by atoms with van der Waals surface area (Å²) >= 11 is 0. The number of nitrogens with one attached hydrogen (secondary N) is 1. The zero-order valence-corrected chi connectivity index (χ0v) is 21.5. The van der Waals surface area contributed by atoms with E-state index in [1.807, 2.05) is 24.3 Å². The number of carbonyl (C=O) groups excluding carboxylic acids is 2. The Kier molecular flexibility index (Phi) is 6.92. The van der Waals surface area contributed by atoms with E-state index in [2.05, 4.69) is 12.2 Å². The molecule has 2 amide bonds. The molecule has 2 aliphatic heterocycles. The van der Waals surface area contributed by atoms with Gasteiger partial charge in [0.2, 0.25) is 21.8 Å². The SMILES string of the molecule is COc1cccc(CNC(=O)CN2C(=O)C(C)(C)c3cc(S(=O)(=O)N4CCC[C@H](C)C4)ccc32)c1. The number of hydrogen-bond donors (Lipinski definition) is 1. The molecular formula is C26H33N3O5S. The van der Waals surface area contributed by atoms with E-state index in [-0.39, 0.29) is 23.3 Å². The Bertz CT molecular complexity index is 1240. The molecule has 2 aromatic carbocycles. The number of ether oxygens (including phenoxy) is 1. The van der Waals surface area contributed by atoms with Gasteiger partial charge in [0.15, 0.2) is 0 Å². The van der Waals surface area contributed by atoms with E-state index in [0.717, 1.165) is 18.4 Å². The zero-order chi connectivity index (χ0) is 25.4. The third-order valence-corrected chi connectivity index (χ3v) is 8.76. The monoisotopic (exact) mass is 499 g/mol. The molecular weight excluding hydrogens is 466 g/mol. The Hall–Kier alpha value is -2.91. The molecule has 0 radical (unpaired) electrons. The Morgan fingerprint density at radius 2 is 1.97 bits per heavy atom.